The standard InChI is InChI=1S/C31H33F3N2O5S/c1-3-16-30(17-15-21-9-6-5-7-10-21)19-26(37)28(29(38)41-30)25(4-2)22-11-8-12-24(18-22)36-42(39,40)27-14-13-23(20-35-27)31(32,33)34/h5-14,18,20,25,36-37H,3-4,15-17,19H2,1-2H3/t25-,30-/m1/s1/i16D2,19D2,28+1,29+1. The number of pyridine rings is 1. The third-order valence-corrected chi connectivity index (χ3v) is 8.07. The summed E-state index contributed by atoms with van der Waals surface area (Å²) in [6.07, 6.45) is -9.75. The minimum absolute atomic E-state index is 0.0375. The molecule has 0 saturated heterocycles. The summed E-state index contributed by atoms with van der Waals surface area (Å²) in [6, 6.07) is 15.8. The second-order valence-corrected chi connectivity index (χ2v) is 11.3. The van der Waals surface area contributed by atoms with Crippen molar-refractivity contribution in [2.45, 2.75) is 75.0 Å². The van der Waals surface area contributed by atoms with Crippen LogP contribution in [0, 0.1) is 0 Å². The maximum Gasteiger partial charge on any atom is 0.417 e. The van der Waals surface area contributed by atoms with E-state index in [9.17, 15) is 31.5 Å². The molecule has 2 aromatic carbocycles. The topological polar surface area (TPSA) is 106 Å². The number of aliphatic hydroxyl groups excluding tert-OH is 1. The van der Waals surface area contributed by atoms with Crippen LogP contribution in [0.3, 0.4) is 0 Å². The van der Waals surface area contributed by atoms with Crippen molar-refractivity contribution in [1.29, 1.82) is 0 Å². The summed E-state index contributed by atoms with van der Waals surface area (Å²) in [5.41, 5.74) is -2.93. The van der Waals surface area contributed by atoms with Crippen molar-refractivity contribution in [1.82, 2.24) is 4.98 Å². The first kappa shape index (κ1) is 25.8. The fourth-order valence-corrected chi connectivity index (χ4v) is 5.75. The van der Waals surface area contributed by atoms with E-state index in [1.807, 2.05) is 0 Å². The van der Waals surface area contributed by atoms with Crippen LogP contribution in [0.1, 0.15) is 73.9 Å². The molecule has 0 bridgehead atoms. The number of halogens is 3. The van der Waals surface area contributed by atoms with Crippen molar-refractivity contribution in [3.63, 3.8) is 0 Å². The first-order chi connectivity index (χ1) is 21.4. The van der Waals surface area contributed by atoms with Gasteiger partial charge in [-0.25, -0.2) is 9.78 Å². The number of aliphatic hydroxyl groups is 1. The second kappa shape index (κ2) is 12.6. The van der Waals surface area contributed by atoms with E-state index in [0.29, 0.717) is 18.3 Å². The number of cyclic esters (lactones) is 1. The number of rotatable bonds is 11. The normalized spacial score (nSPS) is 21.4. The third kappa shape index (κ3) is 7.13. The molecule has 0 aliphatic carbocycles. The zero-order chi connectivity index (χ0) is 34.1. The van der Waals surface area contributed by atoms with E-state index in [-0.39, 0.29) is 36.9 Å². The summed E-state index contributed by atoms with van der Waals surface area (Å²) >= 11 is 0. The number of benzene rings is 2. The van der Waals surface area contributed by atoms with Gasteiger partial charge in [0.15, 0.2) is 5.03 Å². The lowest BCUT2D eigenvalue weighted by atomic mass is 9.86. The number of carbonyl (C=O) groups is 1. The van der Waals surface area contributed by atoms with E-state index >= 15 is 0 Å². The third-order valence-electron chi connectivity index (χ3n) is 6.77. The maximum absolute atomic E-state index is 13.7. The summed E-state index contributed by atoms with van der Waals surface area (Å²) in [7, 11) is -4.44. The zero-order valence-electron chi connectivity index (χ0n) is 26.9. The van der Waals surface area contributed by atoms with Gasteiger partial charge in [-0.15, -0.1) is 0 Å². The van der Waals surface area contributed by atoms with E-state index in [1.165, 1.54) is 31.2 Å². The number of nitrogens with zero attached hydrogens (tertiary/aromatic N) is 1. The molecule has 1 aliphatic rings. The number of anilines is 1. The van der Waals surface area contributed by atoms with Crippen LogP contribution in [0.4, 0.5) is 18.9 Å². The molecule has 224 valence electrons. The first-order valence-corrected chi connectivity index (χ1v) is 14.8. The van der Waals surface area contributed by atoms with Crippen molar-refractivity contribution >= 4 is 21.7 Å². The van der Waals surface area contributed by atoms with E-state index in [0.717, 1.165) is 5.56 Å². The van der Waals surface area contributed by atoms with Gasteiger partial charge in [-0.2, -0.15) is 21.6 Å². The van der Waals surface area contributed by atoms with Crippen LogP contribution in [0.15, 0.2) is 89.3 Å². The van der Waals surface area contributed by atoms with Gasteiger partial charge < -0.3 is 9.84 Å². The number of alkyl halides is 3. The fraction of sp³-hybridized carbons (Fsp3) is 0.355. The van der Waals surface area contributed by atoms with E-state index < -0.39 is 68.4 Å². The number of ether oxygens (including phenoxy) is 1. The molecule has 2 N–H and O–H groups in total. The highest BCUT2D eigenvalue weighted by atomic mass is 32.2. The molecule has 2 atom stereocenters. The molecule has 11 heteroatoms. The van der Waals surface area contributed by atoms with Gasteiger partial charge in [0, 0.05) is 29.7 Å². The Bertz CT molecular complexity index is 1720. The van der Waals surface area contributed by atoms with Crippen molar-refractivity contribution in [3.8, 4) is 0 Å². The Labute approximate surface area is 249 Å². The molecule has 0 spiro atoms. The quantitative estimate of drug-likeness (QED) is 0.175. The van der Waals surface area contributed by atoms with Gasteiger partial charge in [0.05, 0.1) is 11.1 Å². The van der Waals surface area contributed by atoms with Crippen molar-refractivity contribution in [2.75, 3.05) is 4.72 Å². The SMILES string of the molecule is [2H]C([2H])(CC)[C@]1(CCc2ccccc2)O[13C](=O)[13C]([C@H](CC)c2cccc(NS(=O)(=O)c3ccc(C(F)(F)F)cn3)c2)=C(O)C1([2H])[2H]. The lowest BCUT2D eigenvalue weighted by Crippen LogP contribution is -2.41. The fourth-order valence-electron chi connectivity index (χ4n) is 4.77. The summed E-state index contributed by atoms with van der Waals surface area (Å²) in [5.74, 6) is -3.08. The van der Waals surface area contributed by atoms with Gasteiger partial charge >= 0.3 is 12.1 Å². The molecule has 0 fully saturated rings. The Morgan fingerprint density at radius 1 is 1.14 bits per heavy atom. The van der Waals surface area contributed by atoms with Crippen LogP contribution in [0.25, 0.3) is 0 Å². The Morgan fingerprint density at radius 2 is 1.88 bits per heavy atom. The predicted octanol–water partition coefficient (Wildman–Crippen LogP) is 7.33. The van der Waals surface area contributed by atoms with E-state index in [2.05, 4.69) is 9.71 Å². The minimum Gasteiger partial charge on any atom is -0.512 e. The van der Waals surface area contributed by atoms with Crippen LogP contribution >= 0.6 is 0 Å². The van der Waals surface area contributed by atoms with Crippen LogP contribution in [-0.4, -0.2) is 30.1 Å². The van der Waals surface area contributed by atoms with Gasteiger partial charge in [0.2, 0.25) is 0 Å². The number of nitrogens with one attached hydrogen (secondary N) is 1. The molecule has 0 saturated carbocycles. The summed E-state index contributed by atoms with van der Waals surface area (Å²) in [4.78, 5) is 17.1. The number of sulfonamides is 1. The van der Waals surface area contributed by atoms with Gasteiger partial charge in [-0.05, 0) is 61.0 Å². The first-order valence-electron chi connectivity index (χ1n) is 15.3. The molecular formula is C31H33F3N2O5S. The Balaban J connectivity index is 1.70. The Morgan fingerprint density at radius 3 is 2.50 bits per heavy atom. The molecule has 2 heterocycles. The largest absolute Gasteiger partial charge is 0.512 e. The lowest BCUT2D eigenvalue weighted by Gasteiger charge is -2.38. The molecule has 3 aromatic rings. The number of carbonyl (C=O) groups excluding carboxylic acids is 1. The summed E-state index contributed by atoms with van der Waals surface area (Å²) < 4.78 is 108. The van der Waals surface area contributed by atoms with Crippen molar-refractivity contribution < 1.29 is 41.7 Å². The molecular weight excluding hydrogens is 571 g/mol. The summed E-state index contributed by atoms with van der Waals surface area (Å²) in [6.45, 7) is 3.14. The highest BCUT2D eigenvalue weighted by molar-refractivity contribution is 7.92. The molecule has 4 rings (SSSR count). The lowest BCUT2D eigenvalue weighted by molar-refractivity contribution is -0.161. The van der Waals surface area contributed by atoms with Crippen LogP contribution in [0.2, 0.25) is 0 Å². The number of esters is 1. The van der Waals surface area contributed by atoms with Crippen LogP contribution in [0.5, 0.6) is 0 Å². The minimum atomic E-state index is -4.71. The molecule has 42 heavy (non-hydrogen) atoms. The van der Waals surface area contributed by atoms with Gasteiger partial charge in [-0.1, -0.05) is 62.7 Å². The van der Waals surface area contributed by atoms with Gasteiger partial charge in [-0.3, -0.25) is 4.72 Å². The second-order valence-electron chi connectivity index (χ2n) is 9.69. The van der Waals surface area contributed by atoms with Crippen LogP contribution < -0.4 is 4.72 Å². The molecule has 0 amide bonds. The average Bonchev–Trinajstić information content (AvgIpc) is 3.00. The molecule has 1 aliphatic heterocycles. The van der Waals surface area contributed by atoms with E-state index in [4.69, 9.17) is 10.2 Å². The number of hydrogen-bond donors (Lipinski definition) is 2. The highest BCUT2D eigenvalue weighted by Crippen LogP contribution is 2.42. The molecule has 0 radical (unpaired) electrons. The summed E-state index contributed by atoms with van der Waals surface area (Å²) in [5, 5.41) is 10.8. The Hall–Kier alpha value is -3.86. The number of aromatic nitrogens is 1. The monoisotopic (exact) mass is 608 g/mol. The highest BCUT2D eigenvalue weighted by Gasteiger charge is 2.43. The number of hydrogen-bond acceptors (Lipinski definition) is 6. The van der Waals surface area contributed by atoms with E-state index in [1.54, 1.807) is 37.3 Å². The van der Waals surface area contributed by atoms with Crippen molar-refractivity contribution in [2.24, 2.45) is 0 Å². The molecule has 7 nitrogen and oxygen atoms in total. The van der Waals surface area contributed by atoms with Gasteiger partial charge in [0.25, 0.3) is 10.0 Å². The van der Waals surface area contributed by atoms with Crippen LogP contribution in [-0.2, 0) is 32.2 Å². The van der Waals surface area contributed by atoms with Crippen molar-refractivity contribution in [3.05, 3.63) is 101 Å². The maximum atomic E-state index is 13.7. The molecule has 0 unspecified atom stereocenters. The Kier molecular flexibility index (Phi) is 7.72. The molecule has 1 aromatic heterocycles. The predicted molar refractivity (Wildman–Crippen MR) is 152 cm³/mol. The zero-order valence-corrected chi connectivity index (χ0v) is 23.7. The average molecular weight is 609 g/mol. The van der Waals surface area contributed by atoms with Gasteiger partial charge in [0.1, 0.15) is 11.4 Å². The smallest absolute Gasteiger partial charge is 0.417 e. The number of aryl methyl sites for hydroxylation is 1.